The van der Waals surface area contributed by atoms with E-state index >= 15 is 0 Å². The first-order chi connectivity index (χ1) is 11.6. The fourth-order valence-electron chi connectivity index (χ4n) is 2.64. The number of carbonyl (C=O) groups is 1. The lowest BCUT2D eigenvalue weighted by Gasteiger charge is -2.09. The fourth-order valence-corrected chi connectivity index (χ4v) is 2.64. The van der Waals surface area contributed by atoms with Gasteiger partial charge in [0.05, 0.1) is 11.1 Å². The Morgan fingerprint density at radius 3 is 2.54 bits per heavy atom. The molecule has 0 atom stereocenters. The third kappa shape index (κ3) is 3.02. The highest BCUT2D eigenvalue weighted by Crippen LogP contribution is 2.21. The van der Waals surface area contributed by atoms with Crippen LogP contribution in [-0.4, -0.2) is 17.1 Å². The second-order valence-electron chi connectivity index (χ2n) is 5.95. The zero-order valence-electron chi connectivity index (χ0n) is 13.7. The molecule has 120 valence electrons. The molecule has 0 spiro atoms. The molecule has 0 fully saturated rings. The Morgan fingerprint density at radius 1 is 1.17 bits per heavy atom. The van der Waals surface area contributed by atoms with Crippen molar-refractivity contribution in [3.8, 4) is 11.8 Å². The normalized spacial score (nSPS) is 10.8. The number of carbonyl (C=O) groups excluding carboxylic acids is 1. The lowest BCUT2D eigenvalue weighted by molar-refractivity contribution is 0.0843. The van der Waals surface area contributed by atoms with Crippen molar-refractivity contribution in [3.05, 3.63) is 65.9 Å². The standard InChI is InChI=1S/C20H18N2O2/c1-14(2)15-7-9-17(10-8-15)24-13-20(23)22-12-16(11-21)18-5-3-4-6-19(18)22/h3-10,12,14H,13H2,1-2H3. The number of nitrogens with zero attached hydrogens (tertiary/aromatic N) is 2. The summed E-state index contributed by atoms with van der Waals surface area (Å²) >= 11 is 0. The molecule has 0 N–H and O–H groups in total. The highest BCUT2D eigenvalue weighted by Gasteiger charge is 2.13. The maximum Gasteiger partial charge on any atom is 0.269 e. The molecule has 0 saturated carbocycles. The summed E-state index contributed by atoms with van der Waals surface area (Å²) < 4.78 is 7.08. The molecule has 4 nitrogen and oxygen atoms in total. The Kier molecular flexibility index (Phi) is 4.35. The van der Waals surface area contributed by atoms with Gasteiger partial charge in [0, 0.05) is 11.6 Å². The van der Waals surface area contributed by atoms with E-state index in [1.54, 1.807) is 6.20 Å². The van der Waals surface area contributed by atoms with E-state index in [0.717, 1.165) is 10.9 Å². The van der Waals surface area contributed by atoms with Crippen LogP contribution in [0.1, 0.15) is 35.7 Å². The van der Waals surface area contributed by atoms with Gasteiger partial charge in [0.1, 0.15) is 11.8 Å². The molecule has 4 heteroatoms. The van der Waals surface area contributed by atoms with Gasteiger partial charge in [0.25, 0.3) is 5.91 Å². The summed E-state index contributed by atoms with van der Waals surface area (Å²) in [4.78, 5) is 12.5. The Balaban J connectivity index is 1.77. The van der Waals surface area contributed by atoms with Gasteiger partial charge in [-0.05, 0) is 29.7 Å². The van der Waals surface area contributed by atoms with E-state index < -0.39 is 0 Å². The summed E-state index contributed by atoms with van der Waals surface area (Å²) in [5, 5.41) is 9.98. The predicted octanol–water partition coefficient (Wildman–Crippen LogP) is 4.36. The van der Waals surface area contributed by atoms with Crippen molar-refractivity contribution in [2.24, 2.45) is 0 Å². The molecular weight excluding hydrogens is 300 g/mol. The Morgan fingerprint density at radius 2 is 1.88 bits per heavy atom. The van der Waals surface area contributed by atoms with Crippen molar-refractivity contribution >= 4 is 16.8 Å². The first kappa shape index (κ1) is 15.8. The number of hydrogen-bond acceptors (Lipinski definition) is 3. The third-order valence-electron chi connectivity index (χ3n) is 4.01. The van der Waals surface area contributed by atoms with Crippen molar-refractivity contribution < 1.29 is 9.53 Å². The summed E-state index contributed by atoms with van der Waals surface area (Å²) in [6.07, 6.45) is 1.57. The Bertz CT molecular complexity index is 915. The van der Waals surface area contributed by atoms with Crippen molar-refractivity contribution in [1.29, 1.82) is 5.26 Å². The van der Waals surface area contributed by atoms with Gasteiger partial charge in [-0.1, -0.05) is 44.2 Å². The summed E-state index contributed by atoms with van der Waals surface area (Å²) in [6, 6.07) is 17.2. The van der Waals surface area contributed by atoms with E-state index in [1.807, 2.05) is 48.5 Å². The van der Waals surface area contributed by atoms with E-state index in [9.17, 15) is 10.1 Å². The molecular formula is C20H18N2O2. The SMILES string of the molecule is CC(C)c1ccc(OCC(=O)n2cc(C#N)c3ccccc32)cc1. The van der Waals surface area contributed by atoms with E-state index in [0.29, 0.717) is 17.2 Å². The topological polar surface area (TPSA) is 55.0 Å². The van der Waals surface area contributed by atoms with Gasteiger partial charge in [-0.2, -0.15) is 5.26 Å². The molecule has 0 unspecified atom stereocenters. The highest BCUT2D eigenvalue weighted by molar-refractivity contribution is 5.96. The number of fused-ring (bicyclic) bond motifs is 1. The predicted molar refractivity (Wildman–Crippen MR) is 93.3 cm³/mol. The maximum absolute atomic E-state index is 12.5. The van der Waals surface area contributed by atoms with Crippen LogP contribution in [0.5, 0.6) is 5.75 Å². The lowest BCUT2D eigenvalue weighted by Crippen LogP contribution is -2.18. The zero-order valence-corrected chi connectivity index (χ0v) is 13.7. The van der Waals surface area contributed by atoms with Crippen molar-refractivity contribution in [2.45, 2.75) is 19.8 Å². The van der Waals surface area contributed by atoms with Crippen LogP contribution in [0.15, 0.2) is 54.7 Å². The lowest BCUT2D eigenvalue weighted by atomic mass is 10.0. The molecule has 24 heavy (non-hydrogen) atoms. The average Bonchev–Trinajstić information content (AvgIpc) is 2.99. The zero-order chi connectivity index (χ0) is 17.1. The fraction of sp³-hybridized carbons (Fsp3) is 0.200. The van der Waals surface area contributed by atoms with Crippen molar-refractivity contribution in [1.82, 2.24) is 4.57 Å². The number of ether oxygens (including phenoxy) is 1. The molecule has 3 rings (SSSR count). The summed E-state index contributed by atoms with van der Waals surface area (Å²) in [7, 11) is 0. The summed E-state index contributed by atoms with van der Waals surface area (Å²) in [5.74, 6) is 0.904. The molecule has 1 aromatic heterocycles. The minimum atomic E-state index is -0.208. The van der Waals surface area contributed by atoms with Gasteiger partial charge < -0.3 is 4.74 Å². The molecule has 0 radical (unpaired) electrons. The number of para-hydroxylation sites is 1. The second-order valence-corrected chi connectivity index (χ2v) is 5.95. The molecule has 0 aliphatic heterocycles. The number of nitriles is 1. The van der Waals surface area contributed by atoms with Crippen molar-refractivity contribution in [3.63, 3.8) is 0 Å². The van der Waals surface area contributed by atoms with Gasteiger partial charge in [-0.15, -0.1) is 0 Å². The van der Waals surface area contributed by atoms with Gasteiger partial charge in [0.15, 0.2) is 6.61 Å². The largest absolute Gasteiger partial charge is 0.484 e. The Hall–Kier alpha value is -3.06. The minimum Gasteiger partial charge on any atom is -0.484 e. The van der Waals surface area contributed by atoms with Gasteiger partial charge >= 0.3 is 0 Å². The van der Waals surface area contributed by atoms with Crippen LogP contribution in [0.25, 0.3) is 10.9 Å². The average molecular weight is 318 g/mol. The molecule has 0 amide bonds. The van der Waals surface area contributed by atoms with E-state index in [1.165, 1.54) is 10.1 Å². The van der Waals surface area contributed by atoms with Crippen LogP contribution in [-0.2, 0) is 0 Å². The molecule has 0 bridgehead atoms. The van der Waals surface area contributed by atoms with Gasteiger partial charge in [-0.3, -0.25) is 9.36 Å². The molecule has 0 aliphatic carbocycles. The van der Waals surface area contributed by atoms with E-state index in [2.05, 4.69) is 19.9 Å². The minimum absolute atomic E-state index is 0.0788. The number of aromatic nitrogens is 1. The maximum atomic E-state index is 12.5. The van der Waals surface area contributed by atoms with Crippen LogP contribution < -0.4 is 4.74 Å². The van der Waals surface area contributed by atoms with E-state index in [4.69, 9.17) is 4.74 Å². The van der Waals surface area contributed by atoms with E-state index in [-0.39, 0.29) is 12.5 Å². The highest BCUT2D eigenvalue weighted by atomic mass is 16.5. The third-order valence-corrected chi connectivity index (χ3v) is 4.01. The monoisotopic (exact) mass is 318 g/mol. The van der Waals surface area contributed by atoms with Crippen LogP contribution >= 0.6 is 0 Å². The van der Waals surface area contributed by atoms with Crippen LogP contribution in [0.3, 0.4) is 0 Å². The number of rotatable bonds is 4. The smallest absolute Gasteiger partial charge is 0.269 e. The van der Waals surface area contributed by atoms with Gasteiger partial charge in [0.2, 0.25) is 0 Å². The molecule has 2 aromatic carbocycles. The Labute approximate surface area is 140 Å². The van der Waals surface area contributed by atoms with Crippen LogP contribution in [0.2, 0.25) is 0 Å². The number of benzene rings is 2. The quantitative estimate of drug-likeness (QED) is 0.718. The van der Waals surface area contributed by atoms with Crippen LogP contribution in [0, 0.1) is 11.3 Å². The number of hydrogen-bond donors (Lipinski definition) is 0. The molecule has 1 heterocycles. The van der Waals surface area contributed by atoms with Crippen LogP contribution in [0.4, 0.5) is 0 Å². The first-order valence-electron chi connectivity index (χ1n) is 7.86. The first-order valence-corrected chi connectivity index (χ1v) is 7.86. The molecule has 0 aliphatic rings. The second kappa shape index (κ2) is 6.59. The van der Waals surface area contributed by atoms with Crippen molar-refractivity contribution in [2.75, 3.05) is 6.61 Å². The summed E-state index contributed by atoms with van der Waals surface area (Å²) in [5.41, 5.74) is 2.43. The molecule has 0 saturated heterocycles. The molecule has 3 aromatic rings. The summed E-state index contributed by atoms with van der Waals surface area (Å²) in [6.45, 7) is 4.18. The van der Waals surface area contributed by atoms with Gasteiger partial charge in [-0.25, -0.2) is 0 Å².